The van der Waals surface area contributed by atoms with Gasteiger partial charge in [-0.2, -0.15) is 5.10 Å². The van der Waals surface area contributed by atoms with Crippen molar-refractivity contribution in [1.29, 1.82) is 0 Å². The van der Waals surface area contributed by atoms with Gasteiger partial charge in [0.2, 0.25) is 11.5 Å². The number of hydrogen-bond donors (Lipinski definition) is 1. The zero-order valence-corrected chi connectivity index (χ0v) is 18.3. The average molecular weight is 432 g/mol. The van der Waals surface area contributed by atoms with Crippen molar-refractivity contribution < 1.29 is 4.57 Å². The number of aryl methyl sites for hydroxylation is 1. The van der Waals surface area contributed by atoms with E-state index in [1.807, 2.05) is 31.4 Å². The number of hydrogen-bond acceptors (Lipinski definition) is 6. The predicted molar refractivity (Wildman–Crippen MR) is 123 cm³/mol. The van der Waals surface area contributed by atoms with E-state index in [9.17, 15) is 0 Å². The molecule has 31 heavy (non-hydrogen) atoms. The highest BCUT2D eigenvalue weighted by molar-refractivity contribution is 7.22. The molecule has 0 aliphatic carbocycles. The number of azo groups is 1. The van der Waals surface area contributed by atoms with Gasteiger partial charge in [-0.15, -0.1) is 10.2 Å². The van der Waals surface area contributed by atoms with Crippen LogP contribution in [0.15, 0.2) is 71.5 Å². The molecule has 0 unspecified atom stereocenters. The molecule has 0 saturated carbocycles. The third kappa shape index (κ3) is 4.17. The summed E-state index contributed by atoms with van der Waals surface area (Å²) in [6.07, 6.45) is 8.06. The van der Waals surface area contributed by atoms with E-state index < -0.39 is 0 Å². The van der Waals surface area contributed by atoms with Crippen molar-refractivity contribution in [1.82, 2.24) is 19.7 Å². The van der Waals surface area contributed by atoms with Crippen LogP contribution in [-0.2, 0) is 13.6 Å². The maximum absolute atomic E-state index is 4.57. The molecule has 1 N–H and O–H groups in total. The van der Waals surface area contributed by atoms with E-state index in [-0.39, 0.29) is 0 Å². The molecule has 2 aromatic carbocycles. The topological polar surface area (TPSA) is 78.3 Å². The molecule has 0 radical (unpaired) electrons. The molecule has 5 aromatic rings. The van der Waals surface area contributed by atoms with Crippen LogP contribution in [0.25, 0.3) is 21.1 Å². The van der Waals surface area contributed by atoms with Gasteiger partial charge in [-0.1, -0.05) is 11.3 Å². The van der Waals surface area contributed by atoms with Crippen LogP contribution in [0.2, 0.25) is 0 Å². The normalized spacial score (nSPS) is 11.8. The highest BCUT2D eigenvalue weighted by Crippen LogP contribution is 2.32. The Kier molecular flexibility index (Phi) is 5.17. The Hall–Kier alpha value is -3.59. The Morgan fingerprint density at radius 1 is 1.19 bits per heavy atom. The van der Waals surface area contributed by atoms with Gasteiger partial charge in [0.25, 0.3) is 0 Å². The van der Waals surface area contributed by atoms with Crippen LogP contribution in [0.5, 0.6) is 0 Å². The number of aromatic amines is 1. The summed E-state index contributed by atoms with van der Waals surface area (Å²) in [5.74, 6) is 0. The van der Waals surface area contributed by atoms with Gasteiger partial charge in [-0.3, -0.25) is 5.10 Å². The molecular weight excluding hydrogens is 408 g/mol. The Balaban J connectivity index is 1.27. The van der Waals surface area contributed by atoms with Crippen LogP contribution in [-0.4, -0.2) is 32.8 Å². The number of likely N-dealkylation sites (N-methyl/N-ethyl adjacent to an activating group) is 1. The maximum atomic E-state index is 4.57. The van der Waals surface area contributed by atoms with Crippen molar-refractivity contribution in [2.75, 3.05) is 18.0 Å². The standard InChI is InChI=1S/C22H23N8S/c1-3-30(11-10-29-9-8-28(2)15-29)18-6-4-17(5-7-18)25-27-22-24-20-13-19-16(14-23-26-19)12-21(20)31-22/h4-9,12-15H,3,10-11H2,1-2H3,(H,23,26)/q+1. The maximum Gasteiger partial charge on any atom is 0.243 e. The summed E-state index contributed by atoms with van der Waals surface area (Å²) in [5, 5.41) is 17.5. The van der Waals surface area contributed by atoms with Gasteiger partial charge in [0.05, 0.1) is 41.2 Å². The van der Waals surface area contributed by atoms with Gasteiger partial charge in [-0.25, -0.2) is 14.1 Å². The van der Waals surface area contributed by atoms with Gasteiger partial charge >= 0.3 is 0 Å². The summed E-state index contributed by atoms with van der Waals surface area (Å²) in [6, 6.07) is 12.3. The lowest BCUT2D eigenvalue weighted by molar-refractivity contribution is -0.671. The fourth-order valence-electron chi connectivity index (χ4n) is 3.57. The first-order valence-electron chi connectivity index (χ1n) is 10.2. The van der Waals surface area contributed by atoms with Crippen molar-refractivity contribution >= 4 is 49.0 Å². The van der Waals surface area contributed by atoms with E-state index >= 15 is 0 Å². The zero-order valence-electron chi connectivity index (χ0n) is 17.4. The molecule has 3 heterocycles. The smallest absolute Gasteiger partial charge is 0.243 e. The lowest BCUT2D eigenvalue weighted by atomic mass is 10.2. The SMILES string of the molecule is CCN(CCn1cc[n+](C)c1)c1ccc(N=Nc2nc3cc4[nH]ncc4cc3s2)cc1. The highest BCUT2D eigenvalue weighted by atomic mass is 32.1. The predicted octanol–water partition coefficient (Wildman–Crippen LogP) is 4.74. The number of rotatable bonds is 7. The molecule has 0 fully saturated rings. The van der Waals surface area contributed by atoms with Crippen LogP contribution < -0.4 is 9.47 Å². The molecule has 8 nitrogen and oxygen atoms in total. The van der Waals surface area contributed by atoms with Gasteiger partial charge in [0, 0.05) is 17.6 Å². The first kappa shape index (κ1) is 19.4. The third-order valence-electron chi connectivity index (χ3n) is 5.24. The molecule has 0 saturated heterocycles. The number of nitrogens with zero attached hydrogens (tertiary/aromatic N) is 7. The van der Waals surface area contributed by atoms with E-state index in [0.717, 1.165) is 46.4 Å². The second-order valence-corrected chi connectivity index (χ2v) is 8.40. The number of fused-ring (bicyclic) bond motifs is 2. The summed E-state index contributed by atoms with van der Waals surface area (Å²) < 4.78 is 5.33. The van der Waals surface area contributed by atoms with Gasteiger partial charge < -0.3 is 4.90 Å². The average Bonchev–Trinajstić information content (AvgIpc) is 3.50. The number of nitrogens with one attached hydrogen (secondary N) is 1. The quantitative estimate of drug-likeness (QED) is 0.299. The van der Waals surface area contributed by atoms with E-state index in [1.165, 1.54) is 17.0 Å². The summed E-state index contributed by atoms with van der Waals surface area (Å²) in [4.78, 5) is 6.92. The molecule has 0 aliphatic heterocycles. The van der Waals surface area contributed by atoms with E-state index in [1.54, 1.807) is 0 Å². The summed E-state index contributed by atoms with van der Waals surface area (Å²) >= 11 is 1.53. The first-order valence-corrected chi connectivity index (χ1v) is 11.0. The van der Waals surface area contributed by atoms with Crippen molar-refractivity contribution in [3.8, 4) is 0 Å². The van der Waals surface area contributed by atoms with Gasteiger partial charge in [0.1, 0.15) is 18.9 Å². The molecule has 0 spiro atoms. The number of thiazole rings is 1. The third-order valence-corrected chi connectivity index (χ3v) is 6.14. The molecule has 0 bridgehead atoms. The van der Waals surface area contributed by atoms with Crippen LogP contribution in [0, 0.1) is 0 Å². The van der Waals surface area contributed by atoms with Crippen LogP contribution in [0.3, 0.4) is 0 Å². The van der Waals surface area contributed by atoms with Crippen molar-refractivity contribution in [3.05, 3.63) is 61.3 Å². The van der Waals surface area contributed by atoms with Crippen molar-refractivity contribution in [3.63, 3.8) is 0 Å². The number of anilines is 1. The Morgan fingerprint density at radius 3 is 2.84 bits per heavy atom. The molecular formula is C22H23N8S+. The molecule has 0 amide bonds. The Bertz CT molecular complexity index is 1300. The van der Waals surface area contributed by atoms with Crippen molar-refractivity contribution in [2.24, 2.45) is 17.3 Å². The lowest BCUT2D eigenvalue weighted by Gasteiger charge is -2.22. The molecule has 0 aliphatic rings. The summed E-state index contributed by atoms with van der Waals surface area (Å²) in [7, 11) is 2.04. The largest absolute Gasteiger partial charge is 0.368 e. The Morgan fingerprint density at radius 2 is 2.06 bits per heavy atom. The minimum Gasteiger partial charge on any atom is -0.368 e. The minimum absolute atomic E-state index is 0.648. The van der Waals surface area contributed by atoms with E-state index in [0.29, 0.717) is 5.13 Å². The first-order chi connectivity index (χ1) is 15.2. The molecule has 156 valence electrons. The number of benzene rings is 2. The van der Waals surface area contributed by atoms with Gasteiger partial charge in [0.15, 0.2) is 0 Å². The Labute approximate surface area is 183 Å². The van der Waals surface area contributed by atoms with Crippen LogP contribution in [0.1, 0.15) is 6.92 Å². The fraction of sp³-hybridized carbons (Fsp3) is 0.227. The molecule has 0 atom stereocenters. The molecule has 9 heteroatoms. The fourth-order valence-corrected chi connectivity index (χ4v) is 4.38. The number of H-pyrrole nitrogens is 1. The van der Waals surface area contributed by atoms with Gasteiger partial charge in [-0.05, 0) is 43.3 Å². The second kappa shape index (κ2) is 8.27. The molecule has 5 rings (SSSR count). The minimum atomic E-state index is 0.648. The highest BCUT2D eigenvalue weighted by Gasteiger charge is 2.08. The number of imidazole rings is 1. The lowest BCUT2D eigenvalue weighted by Crippen LogP contribution is -2.28. The van der Waals surface area contributed by atoms with E-state index in [2.05, 4.69) is 83.3 Å². The van der Waals surface area contributed by atoms with Crippen LogP contribution >= 0.6 is 11.3 Å². The zero-order chi connectivity index (χ0) is 21.2. The van der Waals surface area contributed by atoms with E-state index in [4.69, 9.17) is 0 Å². The number of aromatic nitrogens is 5. The molecule has 3 aromatic heterocycles. The monoisotopic (exact) mass is 431 g/mol. The van der Waals surface area contributed by atoms with Crippen molar-refractivity contribution in [2.45, 2.75) is 13.5 Å². The van der Waals surface area contributed by atoms with Crippen LogP contribution in [0.4, 0.5) is 16.5 Å². The second-order valence-electron chi connectivity index (χ2n) is 7.39. The summed E-state index contributed by atoms with van der Waals surface area (Å²) in [5.41, 5.74) is 3.87. The summed E-state index contributed by atoms with van der Waals surface area (Å²) in [6.45, 7) is 5.01.